The van der Waals surface area contributed by atoms with Crippen molar-refractivity contribution in [1.29, 1.82) is 0 Å². The molecule has 0 aliphatic heterocycles. The van der Waals surface area contributed by atoms with Gasteiger partial charge in [0.2, 0.25) is 0 Å². The molecular formula is C24H15ClF6N2O5S3. The summed E-state index contributed by atoms with van der Waals surface area (Å²) < 4.78 is 137. The van der Waals surface area contributed by atoms with Crippen molar-refractivity contribution in [2.75, 3.05) is 9.44 Å². The Morgan fingerprint density at radius 3 is 1.93 bits per heavy atom. The van der Waals surface area contributed by atoms with Crippen molar-refractivity contribution in [2.24, 2.45) is 0 Å². The summed E-state index contributed by atoms with van der Waals surface area (Å²) in [6.07, 6.45) is -9.83. The monoisotopic (exact) mass is 656 g/mol. The second-order valence-corrected chi connectivity index (χ2v) is 13.2. The molecule has 0 spiro atoms. The molecule has 0 aliphatic rings. The van der Waals surface area contributed by atoms with Gasteiger partial charge in [0.1, 0.15) is 5.75 Å². The first kappa shape index (κ1) is 30.5. The molecule has 41 heavy (non-hydrogen) atoms. The summed E-state index contributed by atoms with van der Waals surface area (Å²) in [6, 6.07) is 13.2. The lowest BCUT2D eigenvalue weighted by molar-refractivity contribution is -0.274. The number of hydrogen-bond donors (Lipinski definition) is 2. The number of anilines is 2. The van der Waals surface area contributed by atoms with Gasteiger partial charge in [0.25, 0.3) is 20.0 Å². The topological polar surface area (TPSA) is 102 Å². The molecule has 1 aromatic heterocycles. The van der Waals surface area contributed by atoms with Crippen LogP contribution in [0.15, 0.2) is 88.7 Å². The highest BCUT2D eigenvalue weighted by Crippen LogP contribution is 2.37. The number of halogens is 7. The quantitative estimate of drug-likeness (QED) is 0.190. The summed E-state index contributed by atoms with van der Waals surface area (Å²) in [4.78, 5) is -0.678. The summed E-state index contributed by atoms with van der Waals surface area (Å²) in [5, 5.41) is 0. The van der Waals surface area contributed by atoms with Gasteiger partial charge in [-0.1, -0.05) is 23.7 Å². The first-order valence-corrected chi connectivity index (χ1v) is 15.1. The second-order valence-electron chi connectivity index (χ2n) is 8.12. The van der Waals surface area contributed by atoms with Crippen molar-refractivity contribution >= 4 is 54.4 Å². The Kier molecular flexibility index (Phi) is 8.23. The van der Waals surface area contributed by atoms with Crippen molar-refractivity contribution in [3.8, 4) is 16.2 Å². The number of thiophene rings is 1. The van der Waals surface area contributed by atoms with Crippen LogP contribution in [0.3, 0.4) is 0 Å². The maximum Gasteiger partial charge on any atom is 0.573 e. The van der Waals surface area contributed by atoms with Crippen LogP contribution in [0.1, 0.15) is 5.56 Å². The summed E-state index contributed by atoms with van der Waals surface area (Å²) >= 11 is 7.10. The molecule has 4 rings (SSSR count). The van der Waals surface area contributed by atoms with E-state index in [1.807, 2.05) is 0 Å². The molecule has 218 valence electrons. The summed E-state index contributed by atoms with van der Waals surface area (Å²) in [5.41, 5.74) is -1.52. The largest absolute Gasteiger partial charge is 0.573 e. The van der Waals surface area contributed by atoms with E-state index in [4.69, 9.17) is 11.6 Å². The van der Waals surface area contributed by atoms with E-state index in [2.05, 4.69) is 14.2 Å². The lowest BCUT2D eigenvalue weighted by Gasteiger charge is -2.17. The number of nitrogens with one attached hydrogen (secondary N) is 2. The minimum atomic E-state index is -5.00. The van der Waals surface area contributed by atoms with E-state index in [1.54, 1.807) is 12.1 Å². The van der Waals surface area contributed by atoms with E-state index in [9.17, 15) is 43.2 Å². The molecule has 0 saturated carbocycles. The van der Waals surface area contributed by atoms with E-state index in [0.717, 1.165) is 47.7 Å². The van der Waals surface area contributed by atoms with E-state index in [-0.39, 0.29) is 11.4 Å². The van der Waals surface area contributed by atoms with Crippen LogP contribution in [-0.4, -0.2) is 23.2 Å². The number of sulfonamides is 2. The molecule has 0 fully saturated rings. The molecule has 0 radical (unpaired) electrons. The zero-order valence-corrected chi connectivity index (χ0v) is 23.1. The zero-order valence-electron chi connectivity index (χ0n) is 19.9. The molecule has 4 aromatic rings. The van der Waals surface area contributed by atoms with Crippen LogP contribution >= 0.6 is 22.9 Å². The van der Waals surface area contributed by atoms with Crippen LogP contribution in [0.5, 0.6) is 5.75 Å². The minimum Gasteiger partial charge on any atom is -0.406 e. The smallest absolute Gasteiger partial charge is 0.406 e. The highest BCUT2D eigenvalue weighted by Gasteiger charge is 2.32. The maximum atomic E-state index is 13.2. The van der Waals surface area contributed by atoms with E-state index < -0.39 is 53.7 Å². The Morgan fingerprint density at radius 2 is 1.34 bits per heavy atom. The van der Waals surface area contributed by atoms with Crippen molar-refractivity contribution < 1.29 is 47.9 Å². The van der Waals surface area contributed by atoms with Crippen LogP contribution < -0.4 is 14.2 Å². The third-order valence-corrected chi connectivity index (χ3v) is 9.23. The predicted molar refractivity (Wildman–Crippen MR) is 141 cm³/mol. The lowest BCUT2D eigenvalue weighted by atomic mass is 10.1. The third-order valence-electron chi connectivity index (χ3n) is 5.21. The Morgan fingerprint density at radius 1 is 0.707 bits per heavy atom. The van der Waals surface area contributed by atoms with Crippen molar-refractivity contribution in [3.05, 3.63) is 88.8 Å². The van der Waals surface area contributed by atoms with Gasteiger partial charge in [-0.25, -0.2) is 16.8 Å². The average Bonchev–Trinajstić information content (AvgIpc) is 3.30. The van der Waals surface area contributed by atoms with Crippen LogP contribution in [0.25, 0.3) is 10.4 Å². The van der Waals surface area contributed by atoms with Gasteiger partial charge in [0.15, 0.2) is 0 Å². The summed E-state index contributed by atoms with van der Waals surface area (Å²) in [7, 11) is -9.19. The van der Waals surface area contributed by atoms with Crippen molar-refractivity contribution in [1.82, 2.24) is 0 Å². The average molecular weight is 657 g/mol. The number of hydrogen-bond acceptors (Lipinski definition) is 6. The van der Waals surface area contributed by atoms with Crippen molar-refractivity contribution in [2.45, 2.75) is 22.3 Å². The summed E-state index contributed by atoms with van der Waals surface area (Å²) in [6.45, 7) is 0. The normalized spacial score (nSPS) is 12.7. The molecule has 0 saturated heterocycles. The fourth-order valence-electron chi connectivity index (χ4n) is 3.41. The Bertz CT molecular complexity index is 1790. The fourth-order valence-corrected chi connectivity index (χ4v) is 6.64. The van der Waals surface area contributed by atoms with Gasteiger partial charge >= 0.3 is 12.5 Å². The first-order valence-electron chi connectivity index (χ1n) is 10.9. The first-order chi connectivity index (χ1) is 18.9. The maximum absolute atomic E-state index is 13.2. The zero-order chi connectivity index (χ0) is 30.2. The Labute approximate surface area is 238 Å². The molecule has 7 nitrogen and oxygen atoms in total. The molecule has 0 unspecified atom stereocenters. The highest BCUT2D eigenvalue weighted by molar-refractivity contribution is 7.93. The molecule has 3 aromatic carbocycles. The number of alkyl halides is 6. The molecule has 17 heteroatoms. The van der Waals surface area contributed by atoms with E-state index in [1.165, 1.54) is 18.2 Å². The van der Waals surface area contributed by atoms with Gasteiger partial charge in [-0.2, -0.15) is 13.2 Å². The van der Waals surface area contributed by atoms with Crippen LogP contribution in [0, 0.1) is 0 Å². The van der Waals surface area contributed by atoms with Crippen LogP contribution in [0.4, 0.5) is 37.7 Å². The van der Waals surface area contributed by atoms with Gasteiger partial charge in [0.05, 0.1) is 31.1 Å². The van der Waals surface area contributed by atoms with Gasteiger partial charge in [-0.3, -0.25) is 9.44 Å². The minimum absolute atomic E-state index is 0.331. The molecule has 0 amide bonds. The molecular weight excluding hydrogens is 642 g/mol. The van der Waals surface area contributed by atoms with Crippen LogP contribution in [-0.2, 0) is 26.2 Å². The van der Waals surface area contributed by atoms with Gasteiger partial charge < -0.3 is 4.74 Å². The highest BCUT2D eigenvalue weighted by atomic mass is 35.5. The molecule has 0 bridgehead atoms. The fraction of sp³-hybridized carbons (Fsp3) is 0.0833. The number of benzene rings is 3. The standard InChI is InChI=1S/C24H15ClF6N2O5S3/c25-22-11-10-21(39-22)14-4-9-19(32-40(34,35)17-7-5-16(6-8-17)38-24(29,30)31)20(12-14)33-41(36,37)18-3-1-2-15(13-18)23(26,27)28/h1-13,32-33H. The van der Waals surface area contributed by atoms with E-state index >= 15 is 0 Å². The Hall–Kier alpha value is -3.47. The third kappa shape index (κ3) is 7.63. The van der Waals surface area contributed by atoms with Gasteiger partial charge in [-0.15, -0.1) is 24.5 Å². The summed E-state index contributed by atoms with van der Waals surface area (Å²) in [5.74, 6) is -0.676. The number of ether oxygens (including phenoxy) is 1. The van der Waals surface area contributed by atoms with Crippen LogP contribution in [0.2, 0.25) is 4.34 Å². The van der Waals surface area contributed by atoms with Gasteiger partial charge in [0, 0.05) is 4.88 Å². The predicted octanol–water partition coefficient (Wildman–Crippen LogP) is 7.59. The molecule has 0 aliphatic carbocycles. The van der Waals surface area contributed by atoms with Crippen molar-refractivity contribution in [3.63, 3.8) is 0 Å². The molecule has 2 N–H and O–H groups in total. The second kappa shape index (κ2) is 11.1. The molecule has 1 heterocycles. The van der Waals surface area contributed by atoms with E-state index in [0.29, 0.717) is 26.9 Å². The molecule has 0 atom stereocenters. The lowest BCUT2D eigenvalue weighted by Crippen LogP contribution is -2.19. The Balaban J connectivity index is 1.72. The number of rotatable bonds is 8. The SMILES string of the molecule is O=S(=O)(Nc1ccc(-c2ccc(Cl)s2)cc1NS(=O)(=O)c1cccc(C(F)(F)F)c1)c1ccc(OC(F)(F)F)cc1. The van der Waals surface area contributed by atoms with Gasteiger partial charge in [-0.05, 0) is 72.3 Å².